The molecule has 0 amide bonds. The molecule has 0 spiro atoms. The molecule has 17 nitrogen and oxygen atoms in total. The maximum Gasteiger partial charge on any atom is 0.472 e. The standard InChI is InChI=1S/C78H152O17P2/c1-9-70(7)56-48-40-32-24-20-16-12-14-17-21-25-34-42-50-58-75(80)88-64-73(94-77(82)60-52-44-35-26-22-18-13-11-15-19-23-30-38-46-54-68(3)4)66-92-96(84,85)90-62-72(79)63-91-97(86,87)93-67-74(65-89-76(81)59-51-43-37-29-31-39-47-55-69(5)6)95-78(83)61-53-45-36-28-27-33-41-49-57-71(8)10-2/h68-74,79H,9-67H2,1-8H3,(H,84,85)(H,86,87)/t70?,71?,72?,73-,74-/m1/s1. The molecule has 0 saturated heterocycles. The summed E-state index contributed by atoms with van der Waals surface area (Å²) in [6, 6.07) is 0. The molecule has 19 heteroatoms. The van der Waals surface area contributed by atoms with Crippen molar-refractivity contribution >= 4 is 39.5 Å². The summed E-state index contributed by atoms with van der Waals surface area (Å²) in [5.41, 5.74) is 0. The number of phosphoric ester groups is 2. The summed E-state index contributed by atoms with van der Waals surface area (Å²) in [4.78, 5) is 72.9. The van der Waals surface area contributed by atoms with Crippen molar-refractivity contribution in [3.05, 3.63) is 0 Å². The van der Waals surface area contributed by atoms with Crippen LogP contribution in [0.4, 0.5) is 0 Å². The molecule has 0 radical (unpaired) electrons. The Morgan fingerprint density at radius 1 is 0.289 bits per heavy atom. The maximum absolute atomic E-state index is 13.1. The van der Waals surface area contributed by atoms with Crippen molar-refractivity contribution in [2.75, 3.05) is 39.6 Å². The Morgan fingerprint density at radius 2 is 0.495 bits per heavy atom. The van der Waals surface area contributed by atoms with Gasteiger partial charge in [-0.1, -0.05) is 344 Å². The van der Waals surface area contributed by atoms with Crippen LogP contribution in [0, 0.1) is 23.7 Å². The van der Waals surface area contributed by atoms with Gasteiger partial charge in [0.05, 0.1) is 26.4 Å². The van der Waals surface area contributed by atoms with E-state index in [0.717, 1.165) is 114 Å². The molecule has 3 N–H and O–H groups in total. The summed E-state index contributed by atoms with van der Waals surface area (Å²) in [7, 11) is -9.92. The number of carbonyl (C=O) groups excluding carboxylic acids is 4. The molecule has 576 valence electrons. The first-order chi connectivity index (χ1) is 46.7. The van der Waals surface area contributed by atoms with Gasteiger partial charge in [0.2, 0.25) is 0 Å². The molecular formula is C78H152O17P2. The van der Waals surface area contributed by atoms with Gasteiger partial charge in [-0.15, -0.1) is 0 Å². The van der Waals surface area contributed by atoms with Gasteiger partial charge in [-0.3, -0.25) is 37.3 Å². The zero-order chi connectivity index (χ0) is 71.7. The SMILES string of the molecule is CCC(C)CCCCCCCCCCCCCCCCC(=O)OC[C@H](COP(=O)(O)OCC(O)COP(=O)(O)OC[C@@H](COC(=O)CCCCCCCCCC(C)C)OC(=O)CCCCCCCCCCC(C)CC)OC(=O)CCCCCCCCCCCCCCCCC(C)C. The van der Waals surface area contributed by atoms with E-state index in [1.54, 1.807) is 0 Å². The van der Waals surface area contributed by atoms with Gasteiger partial charge in [0.1, 0.15) is 19.3 Å². The van der Waals surface area contributed by atoms with Crippen molar-refractivity contribution in [3.63, 3.8) is 0 Å². The van der Waals surface area contributed by atoms with E-state index in [4.69, 9.17) is 37.0 Å². The largest absolute Gasteiger partial charge is 0.472 e. The number of phosphoric acid groups is 2. The molecule has 0 heterocycles. The monoisotopic (exact) mass is 1420 g/mol. The zero-order valence-electron chi connectivity index (χ0n) is 63.7. The minimum absolute atomic E-state index is 0.104. The number of aliphatic hydroxyl groups excluding tert-OH is 1. The Morgan fingerprint density at radius 3 is 0.732 bits per heavy atom. The minimum Gasteiger partial charge on any atom is -0.462 e. The minimum atomic E-state index is -4.96. The van der Waals surface area contributed by atoms with Crippen LogP contribution in [0.15, 0.2) is 0 Å². The summed E-state index contributed by atoms with van der Waals surface area (Å²) in [5, 5.41) is 10.6. The van der Waals surface area contributed by atoms with Crippen LogP contribution in [0.2, 0.25) is 0 Å². The Labute approximate surface area is 594 Å². The highest BCUT2D eigenvalue weighted by Gasteiger charge is 2.30. The van der Waals surface area contributed by atoms with Crippen LogP contribution in [0.3, 0.4) is 0 Å². The average molecular weight is 1420 g/mol. The van der Waals surface area contributed by atoms with Crippen molar-refractivity contribution in [2.45, 2.75) is 414 Å². The molecule has 0 aromatic rings. The Hall–Kier alpha value is -1.94. The zero-order valence-corrected chi connectivity index (χ0v) is 65.5. The topological polar surface area (TPSA) is 237 Å². The molecule has 0 bridgehead atoms. The first-order valence-electron chi connectivity index (χ1n) is 40.3. The molecule has 7 atom stereocenters. The molecule has 97 heavy (non-hydrogen) atoms. The van der Waals surface area contributed by atoms with Crippen LogP contribution in [-0.2, 0) is 65.4 Å². The second kappa shape index (κ2) is 67.2. The predicted octanol–water partition coefficient (Wildman–Crippen LogP) is 22.8. The number of hydrogen-bond acceptors (Lipinski definition) is 15. The highest BCUT2D eigenvalue weighted by molar-refractivity contribution is 7.47. The highest BCUT2D eigenvalue weighted by atomic mass is 31.2. The third-order valence-electron chi connectivity index (χ3n) is 18.8. The van der Waals surface area contributed by atoms with E-state index in [1.807, 2.05) is 0 Å². The third kappa shape index (κ3) is 69.5. The van der Waals surface area contributed by atoms with Gasteiger partial charge >= 0.3 is 39.5 Å². The number of esters is 4. The molecule has 0 fully saturated rings. The van der Waals surface area contributed by atoms with E-state index in [-0.39, 0.29) is 25.7 Å². The van der Waals surface area contributed by atoms with Gasteiger partial charge < -0.3 is 33.8 Å². The van der Waals surface area contributed by atoms with Crippen LogP contribution in [0.5, 0.6) is 0 Å². The number of aliphatic hydroxyl groups is 1. The van der Waals surface area contributed by atoms with Crippen molar-refractivity contribution in [2.24, 2.45) is 23.7 Å². The van der Waals surface area contributed by atoms with Crippen LogP contribution in [0.1, 0.15) is 396 Å². The lowest BCUT2D eigenvalue weighted by Gasteiger charge is -2.21. The highest BCUT2D eigenvalue weighted by Crippen LogP contribution is 2.45. The first-order valence-corrected chi connectivity index (χ1v) is 43.3. The fraction of sp³-hybridized carbons (Fsp3) is 0.949. The van der Waals surface area contributed by atoms with E-state index in [0.29, 0.717) is 31.6 Å². The Bertz CT molecular complexity index is 1910. The van der Waals surface area contributed by atoms with Gasteiger partial charge in [-0.25, -0.2) is 9.13 Å². The number of ether oxygens (including phenoxy) is 4. The van der Waals surface area contributed by atoms with Gasteiger partial charge in [0.25, 0.3) is 0 Å². The molecule has 0 aromatic heterocycles. The average Bonchev–Trinajstić information content (AvgIpc) is 0.966. The van der Waals surface area contributed by atoms with Crippen LogP contribution in [0.25, 0.3) is 0 Å². The maximum atomic E-state index is 13.1. The van der Waals surface area contributed by atoms with Crippen LogP contribution in [-0.4, -0.2) is 96.7 Å². The van der Waals surface area contributed by atoms with Crippen molar-refractivity contribution in [3.8, 4) is 0 Å². The number of unbranched alkanes of at least 4 members (excludes halogenated alkanes) is 39. The number of hydrogen-bond donors (Lipinski definition) is 3. The smallest absolute Gasteiger partial charge is 0.462 e. The summed E-state index contributed by atoms with van der Waals surface area (Å²) in [5.74, 6) is 1.000. The Kier molecular flexibility index (Phi) is 65.9. The second-order valence-corrected chi connectivity index (χ2v) is 32.4. The van der Waals surface area contributed by atoms with Gasteiger partial charge in [-0.05, 0) is 49.4 Å². The van der Waals surface area contributed by atoms with Gasteiger partial charge in [0, 0.05) is 25.7 Å². The van der Waals surface area contributed by atoms with Crippen LogP contribution < -0.4 is 0 Å². The second-order valence-electron chi connectivity index (χ2n) is 29.5. The van der Waals surface area contributed by atoms with E-state index in [2.05, 4.69) is 55.4 Å². The van der Waals surface area contributed by atoms with Crippen molar-refractivity contribution in [1.82, 2.24) is 0 Å². The van der Waals surface area contributed by atoms with Gasteiger partial charge in [0.15, 0.2) is 12.2 Å². The fourth-order valence-corrected chi connectivity index (χ4v) is 13.4. The first kappa shape index (κ1) is 95.1. The van der Waals surface area contributed by atoms with Crippen LogP contribution >= 0.6 is 15.6 Å². The molecule has 0 aliphatic heterocycles. The van der Waals surface area contributed by atoms with Crippen molar-refractivity contribution in [1.29, 1.82) is 0 Å². The number of rotatable bonds is 75. The van der Waals surface area contributed by atoms with E-state index in [9.17, 15) is 43.2 Å². The van der Waals surface area contributed by atoms with E-state index >= 15 is 0 Å². The van der Waals surface area contributed by atoms with Crippen molar-refractivity contribution < 1.29 is 80.2 Å². The molecule has 0 aliphatic rings. The summed E-state index contributed by atoms with van der Waals surface area (Å²) < 4.78 is 68.6. The fourth-order valence-electron chi connectivity index (χ4n) is 11.8. The molecular weight excluding hydrogens is 1270 g/mol. The molecule has 5 unspecified atom stereocenters. The molecule has 0 saturated carbocycles. The molecule has 0 aliphatic carbocycles. The molecule has 0 aromatic carbocycles. The lowest BCUT2D eigenvalue weighted by molar-refractivity contribution is -0.161. The normalized spacial score (nSPS) is 14.6. The summed E-state index contributed by atoms with van der Waals surface area (Å²) >= 11 is 0. The summed E-state index contributed by atoms with van der Waals surface area (Å²) in [6.07, 6.45) is 52.7. The quantitative estimate of drug-likeness (QED) is 0.0222. The van der Waals surface area contributed by atoms with Gasteiger partial charge in [-0.2, -0.15) is 0 Å². The van der Waals surface area contributed by atoms with E-state index in [1.165, 1.54) is 193 Å². The molecule has 0 rings (SSSR count). The predicted molar refractivity (Wildman–Crippen MR) is 395 cm³/mol. The van der Waals surface area contributed by atoms with E-state index < -0.39 is 97.5 Å². The lowest BCUT2D eigenvalue weighted by atomic mass is 9.99. The third-order valence-corrected chi connectivity index (χ3v) is 20.7. The lowest BCUT2D eigenvalue weighted by Crippen LogP contribution is -2.30. The number of carbonyl (C=O) groups is 4. The summed E-state index contributed by atoms with van der Waals surface area (Å²) in [6.45, 7) is 14.2. The Balaban J connectivity index is 5.25.